The van der Waals surface area contributed by atoms with Crippen LogP contribution in [-0.2, 0) is 4.74 Å². The van der Waals surface area contributed by atoms with Gasteiger partial charge in [-0.2, -0.15) is 0 Å². The highest BCUT2D eigenvalue weighted by molar-refractivity contribution is 4.67. The maximum Gasteiger partial charge on any atom is 0.0468 e. The second kappa shape index (κ2) is 9.90. The molecule has 1 fully saturated rings. The highest BCUT2D eigenvalue weighted by Gasteiger charge is 2.13. The predicted octanol–water partition coefficient (Wildman–Crippen LogP) is 3.75. The van der Waals surface area contributed by atoms with Gasteiger partial charge >= 0.3 is 0 Å². The molecule has 102 valence electrons. The van der Waals surface area contributed by atoms with Gasteiger partial charge < -0.3 is 10.1 Å². The van der Waals surface area contributed by atoms with Gasteiger partial charge in [0, 0.05) is 19.3 Å². The molecule has 0 amide bonds. The zero-order valence-electron chi connectivity index (χ0n) is 11.8. The summed E-state index contributed by atoms with van der Waals surface area (Å²) < 4.78 is 5.40. The maximum absolute atomic E-state index is 5.40. The lowest BCUT2D eigenvalue weighted by Crippen LogP contribution is -2.25. The molecule has 1 atom stereocenters. The van der Waals surface area contributed by atoms with Crippen molar-refractivity contribution >= 4 is 0 Å². The largest absolute Gasteiger partial charge is 0.381 e. The minimum absolute atomic E-state index is 0.754. The van der Waals surface area contributed by atoms with Gasteiger partial charge in [-0.25, -0.2) is 0 Å². The van der Waals surface area contributed by atoms with E-state index in [1.165, 1.54) is 57.8 Å². The first-order chi connectivity index (χ1) is 8.36. The standard InChI is InChI=1S/C15H31NO/c1-3-4-8-15(16-2)9-6-5-7-14-10-12-17-13-11-14/h14-16H,3-13H2,1-2H3. The molecule has 0 aromatic carbocycles. The molecule has 0 aliphatic carbocycles. The van der Waals surface area contributed by atoms with Gasteiger partial charge in [-0.05, 0) is 38.6 Å². The van der Waals surface area contributed by atoms with Crippen LogP contribution in [0.4, 0.5) is 0 Å². The number of ether oxygens (including phenoxy) is 1. The van der Waals surface area contributed by atoms with Crippen LogP contribution >= 0.6 is 0 Å². The Morgan fingerprint density at radius 1 is 1.12 bits per heavy atom. The minimum atomic E-state index is 0.754. The zero-order valence-corrected chi connectivity index (χ0v) is 11.8. The van der Waals surface area contributed by atoms with Gasteiger partial charge in [0.25, 0.3) is 0 Å². The number of hydrogen-bond donors (Lipinski definition) is 1. The van der Waals surface area contributed by atoms with Crippen molar-refractivity contribution in [3.05, 3.63) is 0 Å². The molecule has 2 nitrogen and oxygen atoms in total. The van der Waals surface area contributed by atoms with Crippen LogP contribution in [0.2, 0.25) is 0 Å². The summed E-state index contributed by atoms with van der Waals surface area (Å²) in [5.41, 5.74) is 0. The van der Waals surface area contributed by atoms with Gasteiger partial charge in [-0.1, -0.05) is 39.0 Å². The first-order valence-electron chi connectivity index (χ1n) is 7.61. The van der Waals surface area contributed by atoms with Crippen LogP contribution in [-0.4, -0.2) is 26.3 Å². The fraction of sp³-hybridized carbons (Fsp3) is 1.00. The molecule has 0 aromatic heterocycles. The van der Waals surface area contributed by atoms with Crippen molar-refractivity contribution < 1.29 is 4.74 Å². The Kier molecular flexibility index (Phi) is 8.72. The van der Waals surface area contributed by atoms with E-state index >= 15 is 0 Å². The molecule has 0 spiro atoms. The second-order valence-corrected chi connectivity index (χ2v) is 5.47. The monoisotopic (exact) mass is 241 g/mol. The molecular weight excluding hydrogens is 210 g/mol. The van der Waals surface area contributed by atoms with E-state index < -0.39 is 0 Å². The number of nitrogens with one attached hydrogen (secondary N) is 1. The average molecular weight is 241 g/mol. The highest BCUT2D eigenvalue weighted by atomic mass is 16.5. The summed E-state index contributed by atoms with van der Waals surface area (Å²) in [6.45, 7) is 4.28. The van der Waals surface area contributed by atoms with Gasteiger partial charge in [0.15, 0.2) is 0 Å². The van der Waals surface area contributed by atoms with Crippen molar-refractivity contribution in [2.45, 2.75) is 70.8 Å². The van der Waals surface area contributed by atoms with E-state index in [0.29, 0.717) is 0 Å². The molecule has 1 heterocycles. The van der Waals surface area contributed by atoms with Crippen molar-refractivity contribution in [1.82, 2.24) is 5.32 Å². The summed E-state index contributed by atoms with van der Waals surface area (Å²) in [4.78, 5) is 0. The van der Waals surface area contributed by atoms with Crippen LogP contribution in [0.1, 0.15) is 64.7 Å². The average Bonchev–Trinajstić information content (AvgIpc) is 2.39. The third-order valence-electron chi connectivity index (χ3n) is 4.07. The lowest BCUT2D eigenvalue weighted by molar-refractivity contribution is 0.0630. The Balaban J connectivity index is 1.97. The van der Waals surface area contributed by atoms with Crippen molar-refractivity contribution in [2.75, 3.05) is 20.3 Å². The van der Waals surface area contributed by atoms with Crippen molar-refractivity contribution in [2.24, 2.45) is 5.92 Å². The summed E-state index contributed by atoms with van der Waals surface area (Å²) in [6.07, 6.45) is 12.2. The summed E-state index contributed by atoms with van der Waals surface area (Å²) in [7, 11) is 2.11. The first kappa shape index (κ1) is 15.0. The van der Waals surface area contributed by atoms with Crippen LogP contribution in [0.15, 0.2) is 0 Å². The van der Waals surface area contributed by atoms with Gasteiger partial charge in [0.2, 0.25) is 0 Å². The number of hydrogen-bond acceptors (Lipinski definition) is 2. The molecule has 1 aliphatic rings. The Labute approximate surface area is 108 Å². The normalized spacial score (nSPS) is 19.4. The quantitative estimate of drug-likeness (QED) is 0.621. The second-order valence-electron chi connectivity index (χ2n) is 5.47. The molecule has 1 aliphatic heterocycles. The van der Waals surface area contributed by atoms with Crippen LogP contribution in [0, 0.1) is 5.92 Å². The molecule has 1 saturated heterocycles. The van der Waals surface area contributed by atoms with E-state index in [0.717, 1.165) is 25.2 Å². The molecule has 2 heteroatoms. The zero-order chi connectivity index (χ0) is 12.3. The Morgan fingerprint density at radius 2 is 1.82 bits per heavy atom. The fourth-order valence-corrected chi connectivity index (χ4v) is 2.74. The molecule has 1 N–H and O–H groups in total. The Morgan fingerprint density at radius 3 is 2.47 bits per heavy atom. The van der Waals surface area contributed by atoms with E-state index in [-0.39, 0.29) is 0 Å². The molecule has 0 bridgehead atoms. The number of rotatable bonds is 9. The van der Waals surface area contributed by atoms with Gasteiger partial charge in [0.05, 0.1) is 0 Å². The summed E-state index contributed by atoms with van der Waals surface area (Å²) in [6, 6.07) is 0.754. The molecule has 0 saturated carbocycles. The summed E-state index contributed by atoms with van der Waals surface area (Å²) >= 11 is 0. The highest BCUT2D eigenvalue weighted by Crippen LogP contribution is 2.21. The maximum atomic E-state index is 5.40. The van der Waals surface area contributed by atoms with Crippen molar-refractivity contribution in [3.8, 4) is 0 Å². The van der Waals surface area contributed by atoms with Crippen LogP contribution in [0.25, 0.3) is 0 Å². The molecule has 0 radical (unpaired) electrons. The smallest absolute Gasteiger partial charge is 0.0468 e. The molecule has 1 rings (SSSR count). The van der Waals surface area contributed by atoms with Crippen molar-refractivity contribution in [1.29, 1.82) is 0 Å². The molecule has 1 unspecified atom stereocenters. The van der Waals surface area contributed by atoms with E-state index in [4.69, 9.17) is 4.74 Å². The Bertz CT molecular complexity index is 166. The van der Waals surface area contributed by atoms with Crippen molar-refractivity contribution in [3.63, 3.8) is 0 Å². The van der Waals surface area contributed by atoms with Crippen LogP contribution < -0.4 is 5.32 Å². The molecule has 17 heavy (non-hydrogen) atoms. The van der Waals surface area contributed by atoms with Gasteiger partial charge in [0.1, 0.15) is 0 Å². The summed E-state index contributed by atoms with van der Waals surface area (Å²) in [5.74, 6) is 0.951. The molecule has 0 aromatic rings. The SMILES string of the molecule is CCCCC(CCCCC1CCOCC1)NC. The lowest BCUT2D eigenvalue weighted by Gasteiger charge is -2.22. The van der Waals surface area contributed by atoms with Gasteiger partial charge in [-0.15, -0.1) is 0 Å². The van der Waals surface area contributed by atoms with Crippen LogP contribution in [0.5, 0.6) is 0 Å². The number of unbranched alkanes of at least 4 members (excludes halogenated alkanes) is 2. The first-order valence-corrected chi connectivity index (χ1v) is 7.61. The lowest BCUT2D eigenvalue weighted by atomic mass is 9.93. The third kappa shape index (κ3) is 7.05. The third-order valence-corrected chi connectivity index (χ3v) is 4.07. The van der Waals surface area contributed by atoms with E-state index in [2.05, 4.69) is 19.3 Å². The minimum Gasteiger partial charge on any atom is -0.381 e. The Hall–Kier alpha value is -0.0800. The molecular formula is C15H31NO. The van der Waals surface area contributed by atoms with E-state index in [1.807, 2.05) is 0 Å². The van der Waals surface area contributed by atoms with Gasteiger partial charge in [-0.3, -0.25) is 0 Å². The predicted molar refractivity (Wildman–Crippen MR) is 74.4 cm³/mol. The van der Waals surface area contributed by atoms with E-state index in [1.54, 1.807) is 0 Å². The topological polar surface area (TPSA) is 21.3 Å². The fourth-order valence-electron chi connectivity index (χ4n) is 2.74. The summed E-state index contributed by atoms with van der Waals surface area (Å²) in [5, 5.41) is 3.46. The van der Waals surface area contributed by atoms with E-state index in [9.17, 15) is 0 Å². The van der Waals surface area contributed by atoms with Crippen LogP contribution in [0.3, 0.4) is 0 Å².